The van der Waals surface area contributed by atoms with Gasteiger partial charge in [-0.1, -0.05) is 19.1 Å². The average molecular weight is 232 g/mol. The molecule has 0 amide bonds. The van der Waals surface area contributed by atoms with Crippen LogP contribution < -0.4 is 4.74 Å². The Bertz CT molecular complexity index is 458. The molecule has 0 fully saturated rings. The maximum Gasteiger partial charge on any atom is 0.166 e. The van der Waals surface area contributed by atoms with Crippen LogP contribution in [0.3, 0.4) is 0 Å². The van der Waals surface area contributed by atoms with Gasteiger partial charge in [-0.05, 0) is 30.7 Å². The molecule has 0 saturated heterocycles. The second-order valence-corrected chi connectivity index (χ2v) is 3.67. The first-order chi connectivity index (χ1) is 8.08. The number of rotatable bonds is 5. The van der Waals surface area contributed by atoms with Gasteiger partial charge in [0.15, 0.2) is 11.6 Å². The fourth-order valence-corrected chi connectivity index (χ4v) is 1.47. The molecule has 0 N–H and O–H groups in total. The van der Waals surface area contributed by atoms with E-state index >= 15 is 0 Å². The van der Waals surface area contributed by atoms with Crippen molar-refractivity contribution < 1.29 is 14.3 Å². The minimum atomic E-state index is -0.209. The summed E-state index contributed by atoms with van der Waals surface area (Å²) >= 11 is 0. The number of ether oxygens (including phenoxy) is 1. The summed E-state index contributed by atoms with van der Waals surface area (Å²) in [6.45, 7) is 3.14. The normalized spacial score (nSPS) is 11.1. The second-order valence-electron chi connectivity index (χ2n) is 3.67. The van der Waals surface area contributed by atoms with Gasteiger partial charge in [-0.3, -0.25) is 9.59 Å². The maximum atomic E-state index is 11.6. The molecule has 0 saturated carbocycles. The molecular weight excluding hydrogens is 216 g/mol. The maximum absolute atomic E-state index is 11.6. The molecule has 0 aromatic heterocycles. The number of allylic oxidation sites excluding steroid dienone is 1. The van der Waals surface area contributed by atoms with Crippen molar-refractivity contribution in [2.75, 3.05) is 7.11 Å². The monoisotopic (exact) mass is 232 g/mol. The van der Waals surface area contributed by atoms with Crippen molar-refractivity contribution in [3.05, 3.63) is 35.4 Å². The van der Waals surface area contributed by atoms with Crippen LogP contribution in [0.1, 0.15) is 25.8 Å². The zero-order valence-corrected chi connectivity index (χ0v) is 10.3. The van der Waals surface area contributed by atoms with Crippen LogP contribution in [0.15, 0.2) is 29.8 Å². The van der Waals surface area contributed by atoms with E-state index in [1.807, 2.05) is 18.2 Å². The predicted molar refractivity (Wildman–Crippen MR) is 67.0 cm³/mol. The van der Waals surface area contributed by atoms with Gasteiger partial charge in [0.25, 0.3) is 0 Å². The van der Waals surface area contributed by atoms with Gasteiger partial charge in [0.05, 0.1) is 12.7 Å². The Morgan fingerprint density at radius 2 is 2.06 bits per heavy atom. The summed E-state index contributed by atoms with van der Waals surface area (Å²) < 4.78 is 5.08. The minimum Gasteiger partial charge on any atom is -0.497 e. The highest BCUT2D eigenvalue weighted by atomic mass is 16.5. The van der Waals surface area contributed by atoms with Crippen LogP contribution >= 0.6 is 0 Å². The molecular formula is C14H16O3. The van der Waals surface area contributed by atoms with Crippen molar-refractivity contribution >= 4 is 17.6 Å². The Morgan fingerprint density at radius 3 is 2.59 bits per heavy atom. The SMILES string of the molecule is CCC(=O)C(=Cc1cccc(OC)c1)C(C)=O. The number of hydrogen-bond donors (Lipinski definition) is 0. The van der Waals surface area contributed by atoms with Crippen molar-refractivity contribution in [2.45, 2.75) is 20.3 Å². The summed E-state index contributed by atoms with van der Waals surface area (Å²) in [6, 6.07) is 7.24. The van der Waals surface area contributed by atoms with E-state index in [1.165, 1.54) is 6.92 Å². The average Bonchev–Trinajstić information content (AvgIpc) is 2.35. The third-order valence-corrected chi connectivity index (χ3v) is 2.41. The van der Waals surface area contributed by atoms with E-state index in [4.69, 9.17) is 4.74 Å². The van der Waals surface area contributed by atoms with Gasteiger partial charge in [-0.2, -0.15) is 0 Å². The molecule has 90 valence electrons. The fraction of sp³-hybridized carbons (Fsp3) is 0.286. The molecule has 0 aliphatic heterocycles. The highest BCUT2D eigenvalue weighted by molar-refractivity contribution is 6.22. The molecule has 3 nitrogen and oxygen atoms in total. The number of methoxy groups -OCH3 is 1. The van der Waals surface area contributed by atoms with Gasteiger partial charge in [-0.15, -0.1) is 0 Å². The van der Waals surface area contributed by atoms with E-state index < -0.39 is 0 Å². The molecule has 0 radical (unpaired) electrons. The molecule has 0 bridgehead atoms. The lowest BCUT2D eigenvalue weighted by Gasteiger charge is -2.03. The predicted octanol–water partition coefficient (Wildman–Crippen LogP) is 2.65. The van der Waals surface area contributed by atoms with Crippen LogP contribution in [0.4, 0.5) is 0 Å². The van der Waals surface area contributed by atoms with E-state index in [9.17, 15) is 9.59 Å². The van der Waals surface area contributed by atoms with Crippen LogP contribution in [0.2, 0.25) is 0 Å². The third-order valence-electron chi connectivity index (χ3n) is 2.41. The largest absolute Gasteiger partial charge is 0.497 e. The molecule has 0 aliphatic rings. The van der Waals surface area contributed by atoms with Crippen molar-refractivity contribution in [2.24, 2.45) is 0 Å². The molecule has 0 unspecified atom stereocenters. The van der Waals surface area contributed by atoms with Crippen LogP contribution in [-0.2, 0) is 9.59 Å². The molecule has 0 heterocycles. The van der Waals surface area contributed by atoms with E-state index in [2.05, 4.69) is 0 Å². The molecule has 0 aliphatic carbocycles. The van der Waals surface area contributed by atoms with Gasteiger partial charge in [-0.25, -0.2) is 0 Å². The smallest absolute Gasteiger partial charge is 0.166 e. The van der Waals surface area contributed by atoms with Crippen LogP contribution in [-0.4, -0.2) is 18.7 Å². The number of carbonyl (C=O) groups is 2. The van der Waals surface area contributed by atoms with E-state index in [-0.39, 0.29) is 17.1 Å². The summed E-state index contributed by atoms with van der Waals surface area (Å²) in [5.74, 6) is 0.352. The first kappa shape index (κ1) is 13.2. The van der Waals surface area contributed by atoms with Gasteiger partial charge in [0.2, 0.25) is 0 Å². The Balaban J connectivity index is 3.12. The van der Waals surface area contributed by atoms with Crippen molar-refractivity contribution in [3.63, 3.8) is 0 Å². The van der Waals surface area contributed by atoms with Crippen molar-refractivity contribution in [3.8, 4) is 5.75 Å². The van der Waals surface area contributed by atoms with E-state index in [0.29, 0.717) is 12.2 Å². The summed E-state index contributed by atoms with van der Waals surface area (Å²) in [6.07, 6.45) is 1.94. The second kappa shape index (κ2) is 5.99. The highest BCUT2D eigenvalue weighted by Crippen LogP contribution is 2.16. The van der Waals surface area contributed by atoms with Gasteiger partial charge in [0.1, 0.15) is 5.75 Å². The number of hydrogen-bond acceptors (Lipinski definition) is 3. The Labute approximate surface area is 101 Å². The van der Waals surface area contributed by atoms with Crippen LogP contribution in [0.5, 0.6) is 5.75 Å². The third kappa shape index (κ3) is 3.55. The summed E-state index contributed by atoms with van der Waals surface area (Å²) in [5, 5.41) is 0. The molecule has 3 heteroatoms. The lowest BCUT2D eigenvalue weighted by Crippen LogP contribution is -2.08. The Morgan fingerprint density at radius 1 is 1.35 bits per heavy atom. The minimum absolute atomic E-state index is 0.139. The lowest BCUT2D eigenvalue weighted by molar-refractivity contribution is -0.120. The number of benzene rings is 1. The quantitative estimate of drug-likeness (QED) is 0.445. The summed E-state index contributed by atoms with van der Waals surface area (Å²) in [7, 11) is 1.58. The highest BCUT2D eigenvalue weighted by Gasteiger charge is 2.12. The van der Waals surface area contributed by atoms with Crippen LogP contribution in [0, 0.1) is 0 Å². The van der Waals surface area contributed by atoms with Gasteiger partial charge in [0, 0.05) is 6.42 Å². The first-order valence-corrected chi connectivity index (χ1v) is 5.48. The zero-order valence-electron chi connectivity index (χ0n) is 10.3. The fourth-order valence-electron chi connectivity index (χ4n) is 1.47. The van der Waals surface area contributed by atoms with Crippen LogP contribution in [0.25, 0.3) is 6.08 Å². The van der Waals surface area contributed by atoms with Gasteiger partial charge >= 0.3 is 0 Å². The van der Waals surface area contributed by atoms with Gasteiger partial charge < -0.3 is 4.74 Å². The van der Waals surface area contributed by atoms with Crippen molar-refractivity contribution in [1.82, 2.24) is 0 Å². The number of carbonyl (C=O) groups excluding carboxylic acids is 2. The lowest BCUT2D eigenvalue weighted by atomic mass is 10.0. The summed E-state index contributed by atoms with van der Waals surface area (Å²) in [4.78, 5) is 23.0. The Hall–Kier alpha value is -1.90. The first-order valence-electron chi connectivity index (χ1n) is 5.48. The zero-order chi connectivity index (χ0) is 12.8. The topological polar surface area (TPSA) is 43.4 Å². The molecule has 0 spiro atoms. The molecule has 17 heavy (non-hydrogen) atoms. The van der Waals surface area contributed by atoms with E-state index in [0.717, 1.165) is 5.56 Å². The standard InChI is InChI=1S/C14H16O3/c1-4-14(16)13(10(2)15)9-11-6-5-7-12(8-11)17-3/h5-9H,4H2,1-3H3. The summed E-state index contributed by atoms with van der Waals surface area (Å²) in [5.41, 5.74) is 1.03. The Kier molecular flexibility index (Phi) is 4.64. The molecule has 1 rings (SSSR count). The number of Topliss-reactive ketones (excluding diaryl/α,β-unsaturated/α-hetero) is 2. The molecule has 1 aromatic rings. The van der Waals surface area contributed by atoms with Crippen molar-refractivity contribution in [1.29, 1.82) is 0 Å². The van der Waals surface area contributed by atoms with E-state index in [1.54, 1.807) is 26.2 Å². The molecule has 0 atom stereocenters. The molecule has 1 aromatic carbocycles. The number of ketones is 2.